The molecule has 0 saturated heterocycles. The summed E-state index contributed by atoms with van der Waals surface area (Å²) >= 11 is 0. The van der Waals surface area contributed by atoms with Crippen molar-refractivity contribution < 1.29 is 14.6 Å². The molecule has 2 rings (SSSR count). The number of rotatable bonds is 5. The largest absolute Gasteiger partial charge is 0.454 e. The van der Waals surface area contributed by atoms with Crippen LogP contribution in [0.1, 0.15) is 35.9 Å². The molecule has 3 nitrogen and oxygen atoms in total. The van der Waals surface area contributed by atoms with Crippen molar-refractivity contribution in [2.24, 2.45) is 5.92 Å². The van der Waals surface area contributed by atoms with Crippen molar-refractivity contribution in [2.45, 2.75) is 26.1 Å². The topological polar surface area (TPSA) is 46.5 Å². The lowest BCUT2D eigenvalue weighted by Gasteiger charge is -2.26. The summed E-state index contributed by atoms with van der Waals surface area (Å²) in [6.07, 6.45) is -1.04. The first kappa shape index (κ1) is 15.3. The molecule has 0 heterocycles. The van der Waals surface area contributed by atoms with E-state index in [2.05, 4.69) is 0 Å². The second-order valence-corrected chi connectivity index (χ2v) is 5.20. The number of aliphatic hydroxyl groups is 1. The van der Waals surface area contributed by atoms with E-state index in [9.17, 15) is 9.90 Å². The van der Waals surface area contributed by atoms with E-state index in [1.54, 1.807) is 31.2 Å². The van der Waals surface area contributed by atoms with E-state index in [1.807, 2.05) is 43.3 Å². The highest BCUT2D eigenvalue weighted by molar-refractivity contribution is 5.89. The monoisotopic (exact) mass is 284 g/mol. The van der Waals surface area contributed by atoms with Crippen LogP contribution in [0.4, 0.5) is 0 Å². The van der Waals surface area contributed by atoms with Crippen molar-refractivity contribution >= 4 is 5.97 Å². The summed E-state index contributed by atoms with van der Waals surface area (Å²) in [5.74, 6) is -0.572. The minimum Gasteiger partial charge on any atom is -0.454 e. The van der Waals surface area contributed by atoms with Gasteiger partial charge in [-0.2, -0.15) is 0 Å². The van der Waals surface area contributed by atoms with Gasteiger partial charge in [-0.25, -0.2) is 4.79 Å². The smallest absolute Gasteiger partial charge is 0.338 e. The molecule has 0 aliphatic carbocycles. The van der Waals surface area contributed by atoms with Crippen molar-refractivity contribution in [3.8, 4) is 0 Å². The second kappa shape index (κ2) is 7.04. The summed E-state index contributed by atoms with van der Waals surface area (Å²) < 4.78 is 5.65. The minimum atomic E-state index is -0.571. The zero-order valence-electron chi connectivity index (χ0n) is 12.3. The number of hydrogen-bond donors (Lipinski definition) is 1. The molecule has 21 heavy (non-hydrogen) atoms. The maximum atomic E-state index is 12.3. The number of hydrogen-bond acceptors (Lipinski definition) is 3. The van der Waals surface area contributed by atoms with Gasteiger partial charge in [-0.15, -0.1) is 0 Å². The highest BCUT2D eigenvalue weighted by Gasteiger charge is 2.27. The first-order valence-corrected chi connectivity index (χ1v) is 7.08. The third-order valence-electron chi connectivity index (χ3n) is 3.61. The summed E-state index contributed by atoms with van der Waals surface area (Å²) in [6, 6.07) is 18.4. The molecule has 0 aromatic heterocycles. The van der Waals surface area contributed by atoms with Crippen molar-refractivity contribution in [2.75, 3.05) is 0 Å². The Kier molecular flexibility index (Phi) is 5.12. The van der Waals surface area contributed by atoms with Crippen LogP contribution in [0, 0.1) is 5.92 Å². The Morgan fingerprint density at radius 3 is 2.00 bits per heavy atom. The fraction of sp³-hybridized carbons (Fsp3) is 0.278. The second-order valence-electron chi connectivity index (χ2n) is 5.20. The minimum absolute atomic E-state index is 0.194. The predicted octanol–water partition coefficient (Wildman–Crippen LogP) is 3.60. The van der Waals surface area contributed by atoms with Crippen LogP contribution in [0.15, 0.2) is 60.7 Å². The molecule has 3 atom stereocenters. The Morgan fingerprint density at radius 1 is 0.952 bits per heavy atom. The molecule has 3 heteroatoms. The summed E-state index contributed by atoms with van der Waals surface area (Å²) in [5, 5.41) is 9.84. The molecule has 0 amide bonds. The first-order chi connectivity index (χ1) is 10.1. The van der Waals surface area contributed by atoms with E-state index >= 15 is 0 Å². The van der Waals surface area contributed by atoms with Crippen LogP contribution in [0.25, 0.3) is 0 Å². The molecule has 0 unspecified atom stereocenters. The molecular formula is C18H20O3. The SMILES string of the molecule is C[C@H]([C@H](OC(=O)c1ccccc1)c1ccccc1)[C@@H](C)O. The Morgan fingerprint density at radius 2 is 1.48 bits per heavy atom. The first-order valence-electron chi connectivity index (χ1n) is 7.08. The Bertz CT molecular complexity index is 564. The number of esters is 1. The van der Waals surface area contributed by atoms with Gasteiger partial charge in [0.15, 0.2) is 0 Å². The van der Waals surface area contributed by atoms with Gasteiger partial charge in [-0.1, -0.05) is 55.5 Å². The Balaban J connectivity index is 2.23. The maximum Gasteiger partial charge on any atom is 0.338 e. The zero-order chi connectivity index (χ0) is 15.2. The van der Waals surface area contributed by atoms with Crippen molar-refractivity contribution in [3.63, 3.8) is 0 Å². The normalized spacial score (nSPS) is 15.0. The highest BCUT2D eigenvalue weighted by Crippen LogP contribution is 2.29. The Hall–Kier alpha value is -2.13. The lowest BCUT2D eigenvalue weighted by atomic mass is 9.93. The zero-order valence-corrected chi connectivity index (χ0v) is 12.3. The van der Waals surface area contributed by atoms with Crippen LogP contribution in [-0.4, -0.2) is 17.2 Å². The summed E-state index contributed by atoms with van der Waals surface area (Å²) in [5.41, 5.74) is 1.39. The van der Waals surface area contributed by atoms with Gasteiger partial charge in [-0.05, 0) is 24.6 Å². The van der Waals surface area contributed by atoms with Crippen LogP contribution < -0.4 is 0 Å². The standard InChI is InChI=1S/C18H20O3/c1-13(14(2)19)17(15-9-5-3-6-10-15)21-18(20)16-11-7-4-8-12-16/h3-14,17,19H,1-2H3/t13-,14+,17-/m0/s1. The van der Waals surface area contributed by atoms with Crippen LogP contribution in [-0.2, 0) is 4.74 Å². The lowest BCUT2D eigenvalue weighted by Crippen LogP contribution is -2.25. The molecule has 0 saturated carbocycles. The number of aliphatic hydroxyl groups excluding tert-OH is 1. The number of ether oxygens (including phenoxy) is 1. The van der Waals surface area contributed by atoms with Gasteiger partial charge in [-0.3, -0.25) is 0 Å². The van der Waals surface area contributed by atoms with Crippen molar-refractivity contribution in [1.29, 1.82) is 0 Å². The quantitative estimate of drug-likeness (QED) is 0.853. The molecule has 0 bridgehead atoms. The van der Waals surface area contributed by atoms with Crippen molar-refractivity contribution in [3.05, 3.63) is 71.8 Å². The van der Waals surface area contributed by atoms with E-state index < -0.39 is 12.2 Å². The highest BCUT2D eigenvalue weighted by atomic mass is 16.5. The van der Waals surface area contributed by atoms with Crippen LogP contribution in [0.2, 0.25) is 0 Å². The van der Waals surface area contributed by atoms with Gasteiger partial charge >= 0.3 is 5.97 Å². The molecule has 0 radical (unpaired) electrons. The van der Waals surface area contributed by atoms with Gasteiger partial charge in [0.25, 0.3) is 0 Å². The van der Waals surface area contributed by atoms with E-state index in [1.165, 1.54) is 0 Å². The van der Waals surface area contributed by atoms with Crippen LogP contribution >= 0.6 is 0 Å². The summed E-state index contributed by atoms with van der Waals surface area (Å²) in [4.78, 5) is 12.3. The van der Waals surface area contributed by atoms with E-state index in [0.29, 0.717) is 5.56 Å². The van der Waals surface area contributed by atoms with Gasteiger partial charge < -0.3 is 9.84 Å². The number of benzene rings is 2. The number of carbonyl (C=O) groups excluding carboxylic acids is 1. The van der Waals surface area contributed by atoms with Gasteiger partial charge in [0, 0.05) is 5.92 Å². The van der Waals surface area contributed by atoms with E-state index in [0.717, 1.165) is 5.56 Å². The summed E-state index contributed by atoms with van der Waals surface area (Å²) in [6.45, 7) is 3.58. The fourth-order valence-electron chi connectivity index (χ4n) is 2.13. The van der Waals surface area contributed by atoms with E-state index in [-0.39, 0.29) is 11.9 Å². The predicted molar refractivity (Wildman–Crippen MR) is 81.9 cm³/mol. The van der Waals surface area contributed by atoms with Gasteiger partial charge in [0.2, 0.25) is 0 Å². The van der Waals surface area contributed by atoms with Crippen LogP contribution in [0.3, 0.4) is 0 Å². The molecule has 0 aliphatic heterocycles. The molecule has 110 valence electrons. The molecule has 2 aromatic rings. The molecule has 2 aromatic carbocycles. The van der Waals surface area contributed by atoms with Gasteiger partial charge in [0.05, 0.1) is 11.7 Å². The lowest BCUT2D eigenvalue weighted by molar-refractivity contribution is -0.0102. The molecule has 0 spiro atoms. The molecule has 0 fully saturated rings. The summed E-state index contributed by atoms with van der Waals surface area (Å²) in [7, 11) is 0. The van der Waals surface area contributed by atoms with Crippen molar-refractivity contribution in [1.82, 2.24) is 0 Å². The maximum absolute atomic E-state index is 12.3. The molecular weight excluding hydrogens is 264 g/mol. The van der Waals surface area contributed by atoms with Crippen LogP contribution in [0.5, 0.6) is 0 Å². The fourth-order valence-corrected chi connectivity index (χ4v) is 2.13. The molecule has 1 N–H and O–H groups in total. The van der Waals surface area contributed by atoms with E-state index in [4.69, 9.17) is 4.74 Å². The van der Waals surface area contributed by atoms with Gasteiger partial charge in [0.1, 0.15) is 6.10 Å². The number of carbonyl (C=O) groups is 1. The average Bonchev–Trinajstić information content (AvgIpc) is 2.53. The third kappa shape index (κ3) is 3.92. The molecule has 0 aliphatic rings. The Labute approximate surface area is 125 Å². The average molecular weight is 284 g/mol. The third-order valence-corrected chi connectivity index (χ3v) is 3.61.